The quantitative estimate of drug-likeness (QED) is 0.571. The molecule has 1 nitrogen and oxygen atoms in total. The number of thioether (sulfide) groups is 1. The summed E-state index contributed by atoms with van der Waals surface area (Å²) in [6, 6.07) is 0. The Morgan fingerprint density at radius 1 is 1.60 bits per heavy atom. The van der Waals surface area contributed by atoms with Gasteiger partial charge in [-0.15, -0.1) is 11.8 Å². The summed E-state index contributed by atoms with van der Waals surface area (Å²) >= 11 is 1.73. The first-order valence-electron chi connectivity index (χ1n) is 3.68. The zero-order chi connectivity index (χ0) is 7.40. The zero-order valence-electron chi connectivity index (χ0n) is 6.22. The fraction of sp³-hybridized carbons (Fsp3) is 0.625. The molecule has 0 atom stereocenters. The van der Waals surface area contributed by atoms with Crippen LogP contribution >= 0.6 is 11.8 Å². The van der Waals surface area contributed by atoms with Crippen LogP contribution < -0.4 is 0 Å². The van der Waals surface area contributed by atoms with Crippen molar-refractivity contribution in [1.29, 1.82) is 0 Å². The Morgan fingerprint density at radius 3 is 2.90 bits per heavy atom. The molecule has 0 radical (unpaired) electrons. The van der Waals surface area contributed by atoms with Crippen LogP contribution in [0.1, 0.15) is 26.2 Å². The predicted molar refractivity (Wildman–Crippen MR) is 45.1 cm³/mol. The topological polar surface area (TPSA) is 17.1 Å². The lowest BCUT2D eigenvalue weighted by Gasteiger charge is -1.90. The molecular weight excluding hydrogens is 144 g/mol. The summed E-state index contributed by atoms with van der Waals surface area (Å²) in [5.74, 6) is 1.43. The maximum Gasteiger partial charge on any atom is 0.159 e. The number of hydrogen-bond donors (Lipinski definition) is 0. The first-order valence-corrected chi connectivity index (χ1v) is 4.73. The molecule has 56 valence electrons. The van der Waals surface area contributed by atoms with Crippen molar-refractivity contribution >= 4 is 17.5 Å². The Labute approximate surface area is 65.9 Å². The summed E-state index contributed by atoms with van der Waals surface area (Å²) < 4.78 is 0. The van der Waals surface area contributed by atoms with E-state index in [1.54, 1.807) is 11.8 Å². The summed E-state index contributed by atoms with van der Waals surface area (Å²) in [4.78, 5) is 11.0. The molecule has 0 aromatic heterocycles. The van der Waals surface area contributed by atoms with E-state index in [4.69, 9.17) is 0 Å². The van der Waals surface area contributed by atoms with Gasteiger partial charge in [-0.05, 0) is 24.0 Å². The van der Waals surface area contributed by atoms with Crippen LogP contribution in [0.4, 0.5) is 0 Å². The van der Waals surface area contributed by atoms with E-state index in [2.05, 4.69) is 6.92 Å². The van der Waals surface area contributed by atoms with Crippen molar-refractivity contribution in [1.82, 2.24) is 0 Å². The SMILES string of the molecule is CCS/C=C1\CCCC1=O. The average molecular weight is 156 g/mol. The molecule has 1 saturated carbocycles. The van der Waals surface area contributed by atoms with E-state index in [-0.39, 0.29) is 0 Å². The van der Waals surface area contributed by atoms with Crippen LogP contribution in [0.25, 0.3) is 0 Å². The molecule has 0 aromatic rings. The van der Waals surface area contributed by atoms with Gasteiger partial charge in [-0.2, -0.15) is 0 Å². The van der Waals surface area contributed by atoms with Crippen molar-refractivity contribution in [2.45, 2.75) is 26.2 Å². The number of Topliss-reactive ketones (excluding diaryl/α,β-unsaturated/α-hetero) is 1. The summed E-state index contributed by atoms with van der Waals surface area (Å²) in [6.45, 7) is 2.10. The highest BCUT2D eigenvalue weighted by Crippen LogP contribution is 2.22. The fourth-order valence-electron chi connectivity index (χ4n) is 1.05. The number of hydrogen-bond acceptors (Lipinski definition) is 2. The lowest BCUT2D eigenvalue weighted by molar-refractivity contribution is -0.114. The number of ketones is 1. The van der Waals surface area contributed by atoms with Crippen LogP contribution in [0.5, 0.6) is 0 Å². The van der Waals surface area contributed by atoms with Gasteiger partial charge in [0, 0.05) is 12.0 Å². The minimum Gasteiger partial charge on any atom is -0.295 e. The van der Waals surface area contributed by atoms with E-state index < -0.39 is 0 Å². The van der Waals surface area contributed by atoms with Crippen LogP contribution in [0, 0.1) is 0 Å². The van der Waals surface area contributed by atoms with Crippen LogP contribution in [0.2, 0.25) is 0 Å². The molecule has 0 aliphatic heterocycles. The molecule has 0 N–H and O–H groups in total. The first-order chi connectivity index (χ1) is 4.84. The Hall–Kier alpha value is -0.240. The van der Waals surface area contributed by atoms with Gasteiger partial charge in [-0.1, -0.05) is 6.92 Å². The molecule has 1 aliphatic carbocycles. The van der Waals surface area contributed by atoms with Crippen molar-refractivity contribution < 1.29 is 4.79 Å². The van der Waals surface area contributed by atoms with Gasteiger partial charge in [-0.25, -0.2) is 0 Å². The normalized spacial score (nSPS) is 22.5. The third-order valence-electron chi connectivity index (χ3n) is 1.60. The smallest absolute Gasteiger partial charge is 0.159 e. The predicted octanol–water partition coefficient (Wildman–Crippen LogP) is 2.38. The van der Waals surface area contributed by atoms with Gasteiger partial charge in [0.25, 0.3) is 0 Å². The van der Waals surface area contributed by atoms with Gasteiger partial charge in [0.1, 0.15) is 0 Å². The van der Waals surface area contributed by atoms with Crippen molar-refractivity contribution in [3.8, 4) is 0 Å². The molecule has 1 rings (SSSR count). The minimum absolute atomic E-state index is 0.362. The lowest BCUT2D eigenvalue weighted by atomic mass is 10.2. The highest BCUT2D eigenvalue weighted by molar-refractivity contribution is 8.02. The molecule has 0 saturated heterocycles. The average Bonchev–Trinajstić information content (AvgIpc) is 2.31. The van der Waals surface area contributed by atoms with Gasteiger partial charge in [-0.3, -0.25) is 4.79 Å². The molecule has 2 heteroatoms. The van der Waals surface area contributed by atoms with Crippen molar-refractivity contribution in [3.63, 3.8) is 0 Å². The van der Waals surface area contributed by atoms with E-state index in [1.165, 1.54) is 0 Å². The van der Waals surface area contributed by atoms with Gasteiger partial charge in [0.15, 0.2) is 5.78 Å². The maximum absolute atomic E-state index is 11.0. The van der Waals surface area contributed by atoms with Gasteiger partial charge < -0.3 is 0 Å². The molecule has 0 heterocycles. The molecule has 1 fully saturated rings. The largest absolute Gasteiger partial charge is 0.295 e. The Balaban J connectivity index is 2.46. The Bertz CT molecular complexity index is 161. The van der Waals surface area contributed by atoms with Crippen molar-refractivity contribution in [2.75, 3.05) is 5.75 Å². The first kappa shape index (κ1) is 7.86. The fourth-order valence-corrected chi connectivity index (χ4v) is 1.67. The third-order valence-corrected chi connectivity index (χ3v) is 2.38. The minimum atomic E-state index is 0.362. The third kappa shape index (κ3) is 1.87. The second-order valence-corrected chi connectivity index (χ2v) is 3.52. The van der Waals surface area contributed by atoms with Gasteiger partial charge in [0.05, 0.1) is 0 Å². The lowest BCUT2D eigenvalue weighted by Crippen LogP contribution is -1.89. The number of allylic oxidation sites excluding steroid dienone is 1. The molecule has 0 unspecified atom stereocenters. The zero-order valence-corrected chi connectivity index (χ0v) is 7.04. The summed E-state index contributed by atoms with van der Waals surface area (Å²) in [7, 11) is 0. The number of rotatable bonds is 2. The highest BCUT2D eigenvalue weighted by Gasteiger charge is 2.15. The maximum atomic E-state index is 11.0. The molecular formula is C8H12OS. The second-order valence-electron chi connectivity index (χ2n) is 2.38. The highest BCUT2D eigenvalue weighted by atomic mass is 32.2. The molecule has 0 spiro atoms. The number of carbonyl (C=O) groups is 1. The monoisotopic (exact) mass is 156 g/mol. The second kappa shape index (κ2) is 3.81. The molecule has 0 aromatic carbocycles. The molecule has 0 amide bonds. The van der Waals surface area contributed by atoms with Gasteiger partial charge in [0.2, 0.25) is 0 Å². The van der Waals surface area contributed by atoms with Gasteiger partial charge >= 0.3 is 0 Å². The standard InChI is InChI=1S/C8H12OS/c1-2-10-6-7-4-3-5-8(7)9/h6H,2-5H2,1H3/b7-6+. The van der Waals surface area contributed by atoms with Crippen LogP contribution in [0.3, 0.4) is 0 Å². The van der Waals surface area contributed by atoms with E-state index in [9.17, 15) is 4.79 Å². The van der Waals surface area contributed by atoms with Crippen LogP contribution in [0.15, 0.2) is 11.0 Å². The summed E-state index contributed by atoms with van der Waals surface area (Å²) in [5, 5.41) is 2.02. The summed E-state index contributed by atoms with van der Waals surface area (Å²) in [5.41, 5.74) is 1.05. The van der Waals surface area contributed by atoms with E-state index >= 15 is 0 Å². The van der Waals surface area contributed by atoms with E-state index in [1.807, 2.05) is 5.41 Å². The van der Waals surface area contributed by atoms with Crippen LogP contribution in [-0.2, 0) is 4.79 Å². The van der Waals surface area contributed by atoms with E-state index in [0.717, 1.165) is 30.6 Å². The van der Waals surface area contributed by atoms with Crippen LogP contribution in [-0.4, -0.2) is 11.5 Å². The molecule has 1 aliphatic rings. The van der Waals surface area contributed by atoms with E-state index in [0.29, 0.717) is 5.78 Å². The Kier molecular flexibility index (Phi) is 3.00. The number of carbonyl (C=O) groups excluding carboxylic acids is 1. The summed E-state index contributed by atoms with van der Waals surface area (Å²) in [6.07, 6.45) is 2.84. The van der Waals surface area contributed by atoms with Crippen molar-refractivity contribution in [3.05, 3.63) is 11.0 Å². The van der Waals surface area contributed by atoms with Crippen molar-refractivity contribution in [2.24, 2.45) is 0 Å². The molecule has 0 bridgehead atoms. The molecule has 10 heavy (non-hydrogen) atoms. The Morgan fingerprint density at radius 2 is 2.40 bits per heavy atom.